The Kier molecular flexibility index (Phi) is 5.48. The lowest BCUT2D eigenvalue weighted by Gasteiger charge is -2.41. The van der Waals surface area contributed by atoms with Crippen LogP contribution in [0.25, 0.3) is 0 Å². The van der Waals surface area contributed by atoms with Crippen LogP contribution in [0.15, 0.2) is 0 Å². The molecule has 0 radical (unpaired) electrons. The minimum Gasteiger partial charge on any atom is -0.326 e. The average molecular weight is 229 g/mol. The van der Waals surface area contributed by atoms with Gasteiger partial charge in [-0.3, -0.25) is 0 Å². The van der Waals surface area contributed by atoms with Crippen LogP contribution in [0, 0.1) is 5.41 Å². The lowest BCUT2D eigenvalue weighted by atomic mass is 9.73. The van der Waals surface area contributed by atoms with E-state index in [9.17, 15) is 0 Å². The first-order valence-electron chi connectivity index (χ1n) is 6.45. The molecular formula is C13H27NS. The van der Waals surface area contributed by atoms with Crippen molar-refractivity contribution in [3.05, 3.63) is 0 Å². The second-order valence-electron chi connectivity index (χ2n) is 5.52. The molecule has 90 valence electrons. The van der Waals surface area contributed by atoms with E-state index in [1.54, 1.807) is 0 Å². The summed E-state index contributed by atoms with van der Waals surface area (Å²) in [6.07, 6.45) is 8.07. The van der Waals surface area contributed by atoms with Crippen LogP contribution in [0.1, 0.15) is 59.3 Å². The fourth-order valence-corrected chi connectivity index (χ4v) is 3.96. The molecule has 0 saturated heterocycles. The molecular weight excluding hydrogens is 202 g/mol. The predicted octanol–water partition coefficient (Wildman–Crippen LogP) is 3.82. The third kappa shape index (κ3) is 3.99. The quantitative estimate of drug-likeness (QED) is 0.725. The van der Waals surface area contributed by atoms with E-state index in [2.05, 4.69) is 32.5 Å². The van der Waals surface area contributed by atoms with Crippen LogP contribution >= 0.6 is 11.8 Å². The summed E-state index contributed by atoms with van der Waals surface area (Å²) in [7, 11) is 0. The van der Waals surface area contributed by atoms with Gasteiger partial charge in [0.1, 0.15) is 0 Å². The van der Waals surface area contributed by atoms with Gasteiger partial charge in [-0.2, -0.15) is 11.8 Å². The van der Waals surface area contributed by atoms with E-state index >= 15 is 0 Å². The highest BCUT2D eigenvalue weighted by atomic mass is 32.2. The molecule has 0 heterocycles. The maximum absolute atomic E-state index is 6.35. The zero-order valence-electron chi connectivity index (χ0n) is 10.6. The van der Waals surface area contributed by atoms with Crippen molar-refractivity contribution in [3.8, 4) is 0 Å². The minimum absolute atomic E-state index is 0.362. The molecule has 1 aliphatic rings. The minimum atomic E-state index is 0.362. The summed E-state index contributed by atoms with van der Waals surface area (Å²) in [6, 6.07) is 0.401. The van der Waals surface area contributed by atoms with Gasteiger partial charge in [-0.05, 0) is 30.4 Å². The van der Waals surface area contributed by atoms with Gasteiger partial charge in [-0.15, -0.1) is 0 Å². The van der Waals surface area contributed by atoms with E-state index in [0.717, 1.165) is 0 Å². The molecule has 0 aromatic heterocycles. The molecule has 0 bridgehead atoms. The van der Waals surface area contributed by atoms with Crippen LogP contribution < -0.4 is 5.73 Å². The zero-order valence-corrected chi connectivity index (χ0v) is 11.4. The van der Waals surface area contributed by atoms with Gasteiger partial charge < -0.3 is 5.73 Å². The van der Waals surface area contributed by atoms with Crippen LogP contribution in [-0.4, -0.2) is 17.0 Å². The number of unbranched alkanes of at least 4 members (excludes halogenated alkanes) is 2. The molecule has 2 heteroatoms. The Morgan fingerprint density at radius 3 is 2.73 bits per heavy atom. The van der Waals surface area contributed by atoms with Crippen LogP contribution in [0.5, 0.6) is 0 Å². The van der Waals surface area contributed by atoms with Crippen LogP contribution in [0.4, 0.5) is 0 Å². The lowest BCUT2D eigenvalue weighted by Crippen LogP contribution is -2.48. The number of rotatable bonds is 5. The zero-order chi connectivity index (χ0) is 11.3. The molecule has 0 amide bonds. The first-order chi connectivity index (χ1) is 7.08. The van der Waals surface area contributed by atoms with E-state index in [1.165, 1.54) is 44.3 Å². The smallest absolute Gasteiger partial charge is 0.0211 e. The first-order valence-corrected chi connectivity index (χ1v) is 7.50. The molecule has 0 aromatic rings. The Morgan fingerprint density at radius 1 is 1.33 bits per heavy atom. The van der Waals surface area contributed by atoms with Gasteiger partial charge in [0.05, 0.1) is 0 Å². The summed E-state index contributed by atoms with van der Waals surface area (Å²) in [5.41, 5.74) is 6.71. The highest BCUT2D eigenvalue weighted by Crippen LogP contribution is 2.39. The standard InChI is InChI=1S/C13H27NS/c1-4-5-6-10-15-11-8-7-9-13(2,3)12(11)14/h11-12H,4-10,14H2,1-3H3. The molecule has 1 nitrogen and oxygen atoms in total. The van der Waals surface area contributed by atoms with Gasteiger partial charge in [-0.25, -0.2) is 0 Å². The summed E-state index contributed by atoms with van der Waals surface area (Å²) >= 11 is 2.12. The molecule has 1 rings (SSSR count). The van der Waals surface area contributed by atoms with Crippen molar-refractivity contribution in [2.24, 2.45) is 11.1 Å². The molecule has 0 spiro atoms. The van der Waals surface area contributed by atoms with Crippen LogP contribution in [0.3, 0.4) is 0 Å². The molecule has 1 saturated carbocycles. The van der Waals surface area contributed by atoms with E-state index in [-0.39, 0.29) is 0 Å². The Morgan fingerprint density at radius 2 is 2.07 bits per heavy atom. The highest BCUT2D eigenvalue weighted by Gasteiger charge is 2.36. The Bertz CT molecular complexity index is 179. The van der Waals surface area contributed by atoms with Gasteiger partial charge in [0.25, 0.3) is 0 Å². The Labute approximate surface area is 99.6 Å². The van der Waals surface area contributed by atoms with Crippen molar-refractivity contribution in [3.63, 3.8) is 0 Å². The van der Waals surface area contributed by atoms with E-state index < -0.39 is 0 Å². The van der Waals surface area contributed by atoms with E-state index in [4.69, 9.17) is 5.73 Å². The molecule has 2 N–H and O–H groups in total. The van der Waals surface area contributed by atoms with Gasteiger partial charge >= 0.3 is 0 Å². The van der Waals surface area contributed by atoms with Gasteiger partial charge in [0.2, 0.25) is 0 Å². The van der Waals surface area contributed by atoms with Crippen molar-refractivity contribution in [2.45, 2.75) is 70.6 Å². The SMILES string of the molecule is CCCCCSC1CCCC(C)(C)C1N. The summed E-state index contributed by atoms with van der Waals surface area (Å²) in [4.78, 5) is 0. The fraction of sp³-hybridized carbons (Fsp3) is 1.00. The molecule has 1 fully saturated rings. The first kappa shape index (κ1) is 13.4. The number of thioether (sulfide) groups is 1. The topological polar surface area (TPSA) is 26.0 Å². The third-order valence-corrected chi connectivity index (χ3v) is 5.17. The molecule has 0 aliphatic heterocycles. The Hall–Kier alpha value is 0.310. The Balaban J connectivity index is 2.28. The number of hydrogen-bond donors (Lipinski definition) is 1. The van der Waals surface area contributed by atoms with Gasteiger partial charge in [0.15, 0.2) is 0 Å². The van der Waals surface area contributed by atoms with Crippen molar-refractivity contribution in [1.82, 2.24) is 0 Å². The summed E-state index contributed by atoms with van der Waals surface area (Å²) in [5, 5.41) is 0.714. The maximum Gasteiger partial charge on any atom is 0.0211 e. The summed E-state index contributed by atoms with van der Waals surface area (Å²) in [6.45, 7) is 6.92. The summed E-state index contributed by atoms with van der Waals surface area (Å²) < 4.78 is 0. The molecule has 2 atom stereocenters. The highest BCUT2D eigenvalue weighted by molar-refractivity contribution is 7.99. The van der Waals surface area contributed by atoms with Crippen LogP contribution in [0.2, 0.25) is 0 Å². The third-order valence-electron chi connectivity index (χ3n) is 3.69. The van der Waals surface area contributed by atoms with E-state index in [1.807, 2.05) is 0 Å². The number of nitrogens with two attached hydrogens (primary N) is 1. The van der Waals surface area contributed by atoms with Crippen molar-refractivity contribution >= 4 is 11.8 Å². The molecule has 0 aromatic carbocycles. The summed E-state index contributed by atoms with van der Waals surface area (Å²) in [5.74, 6) is 1.31. The normalized spacial score (nSPS) is 30.4. The van der Waals surface area contributed by atoms with Crippen molar-refractivity contribution in [1.29, 1.82) is 0 Å². The predicted molar refractivity (Wildman–Crippen MR) is 71.4 cm³/mol. The average Bonchev–Trinajstić information content (AvgIpc) is 2.19. The monoisotopic (exact) mass is 229 g/mol. The second-order valence-corrected chi connectivity index (χ2v) is 6.87. The molecule has 2 unspecified atom stereocenters. The molecule has 1 aliphatic carbocycles. The fourth-order valence-electron chi connectivity index (χ4n) is 2.38. The van der Waals surface area contributed by atoms with E-state index in [0.29, 0.717) is 16.7 Å². The van der Waals surface area contributed by atoms with Crippen molar-refractivity contribution in [2.75, 3.05) is 5.75 Å². The van der Waals surface area contributed by atoms with Crippen LogP contribution in [-0.2, 0) is 0 Å². The van der Waals surface area contributed by atoms with Crippen molar-refractivity contribution < 1.29 is 0 Å². The number of hydrogen-bond acceptors (Lipinski definition) is 2. The van der Waals surface area contributed by atoms with Gasteiger partial charge in [-0.1, -0.05) is 40.0 Å². The largest absolute Gasteiger partial charge is 0.326 e. The lowest BCUT2D eigenvalue weighted by molar-refractivity contribution is 0.208. The van der Waals surface area contributed by atoms with Gasteiger partial charge in [0, 0.05) is 11.3 Å². The maximum atomic E-state index is 6.35. The molecule has 15 heavy (non-hydrogen) atoms. The second kappa shape index (κ2) is 6.15.